The lowest BCUT2D eigenvalue weighted by atomic mass is 10.2. The first-order valence-electron chi connectivity index (χ1n) is 10.9. The van der Waals surface area contributed by atoms with E-state index in [1.165, 1.54) is 6.26 Å². The minimum atomic E-state index is -0.466. The molecular weight excluding hydrogens is 396 g/mol. The van der Waals surface area contributed by atoms with Gasteiger partial charge in [0, 0.05) is 45.0 Å². The van der Waals surface area contributed by atoms with Crippen molar-refractivity contribution in [3.8, 4) is 0 Å². The van der Waals surface area contributed by atoms with Gasteiger partial charge in [-0.1, -0.05) is 26.0 Å². The van der Waals surface area contributed by atoms with Gasteiger partial charge in [0.25, 0.3) is 5.91 Å². The molecule has 8 heteroatoms. The molecule has 8 nitrogen and oxygen atoms in total. The average Bonchev–Trinajstić information content (AvgIpc) is 3.18. The molecular formula is C23H34N4O4. The normalized spacial score (nSPS) is 16.5. The molecule has 0 bridgehead atoms. The zero-order valence-corrected chi connectivity index (χ0v) is 18.7. The fourth-order valence-corrected chi connectivity index (χ4v) is 3.52. The third-order valence-corrected chi connectivity index (χ3v) is 5.11. The Hall–Kier alpha value is -2.26. The number of hydrogen-bond donors (Lipinski definition) is 2. The van der Waals surface area contributed by atoms with Gasteiger partial charge in [0.1, 0.15) is 6.26 Å². The summed E-state index contributed by atoms with van der Waals surface area (Å²) >= 11 is 0. The molecule has 31 heavy (non-hydrogen) atoms. The van der Waals surface area contributed by atoms with Gasteiger partial charge < -0.3 is 19.6 Å². The number of aromatic nitrogens is 1. The van der Waals surface area contributed by atoms with Crippen molar-refractivity contribution in [1.29, 1.82) is 0 Å². The third kappa shape index (κ3) is 7.74. The monoisotopic (exact) mass is 430 g/mol. The van der Waals surface area contributed by atoms with E-state index in [0.29, 0.717) is 38.1 Å². The summed E-state index contributed by atoms with van der Waals surface area (Å²) in [6.45, 7) is 11.8. The molecule has 0 aliphatic carbocycles. The highest BCUT2D eigenvalue weighted by molar-refractivity contribution is 6.02. The highest BCUT2D eigenvalue weighted by Gasteiger charge is 2.21. The average molecular weight is 431 g/mol. The number of aryl methyl sites for hydroxylation is 1. The Labute approximate surface area is 184 Å². The van der Waals surface area contributed by atoms with E-state index in [4.69, 9.17) is 9.15 Å². The summed E-state index contributed by atoms with van der Waals surface area (Å²) in [7, 11) is 0. The number of anilines is 1. The number of amides is 1. The molecule has 1 aliphatic heterocycles. The topological polar surface area (TPSA) is 91.1 Å². The zero-order chi connectivity index (χ0) is 22.2. The molecule has 1 fully saturated rings. The van der Waals surface area contributed by atoms with Gasteiger partial charge in [-0.15, -0.1) is 0 Å². The van der Waals surface area contributed by atoms with Gasteiger partial charge in [0.15, 0.2) is 5.69 Å². The van der Waals surface area contributed by atoms with Crippen LogP contribution in [0.15, 0.2) is 34.9 Å². The minimum Gasteiger partial charge on any atom is -0.447 e. The smallest absolute Gasteiger partial charge is 0.277 e. The number of aliphatic hydroxyl groups is 1. The van der Waals surface area contributed by atoms with E-state index in [2.05, 4.69) is 33.9 Å². The summed E-state index contributed by atoms with van der Waals surface area (Å²) in [5, 5.41) is 13.0. The Bertz CT molecular complexity index is 830. The molecule has 1 atom stereocenters. The molecule has 1 unspecified atom stereocenters. The van der Waals surface area contributed by atoms with Gasteiger partial charge in [-0.3, -0.25) is 14.6 Å². The predicted octanol–water partition coefficient (Wildman–Crippen LogP) is 2.39. The van der Waals surface area contributed by atoms with Gasteiger partial charge in [-0.2, -0.15) is 0 Å². The largest absolute Gasteiger partial charge is 0.447 e. The quantitative estimate of drug-likeness (QED) is 0.598. The standard InChI is InChI=1S/C23H34N4O4/c1-17(2)14-30-15-20(28)12-26-7-9-27(10-8-26)13-22-25-21(16-31-22)23(29)24-19-6-4-5-18(3)11-19/h4-6,11,16-17,20,28H,7-10,12-15H2,1-3H3,(H,24,29). The molecule has 1 aliphatic rings. The fourth-order valence-electron chi connectivity index (χ4n) is 3.52. The molecule has 1 amide bonds. The van der Waals surface area contributed by atoms with Crippen LogP contribution < -0.4 is 5.32 Å². The highest BCUT2D eigenvalue weighted by atomic mass is 16.5. The minimum absolute atomic E-state index is 0.277. The first kappa shape index (κ1) is 23.4. The second-order valence-electron chi connectivity index (χ2n) is 8.61. The van der Waals surface area contributed by atoms with Gasteiger partial charge in [-0.05, 0) is 30.5 Å². The first-order chi connectivity index (χ1) is 14.9. The fraction of sp³-hybridized carbons (Fsp3) is 0.565. The number of ether oxygens (including phenoxy) is 1. The Kier molecular flexibility index (Phi) is 8.60. The van der Waals surface area contributed by atoms with E-state index in [1.807, 2.05) is 31.2 Å². The second kappa shape index (κ2) is 11.4. The van der Waals surface area contributed by atoms with Crippen LogP contribution in [0.2, 0.25) is 0 Å². The molecule has 170 valence electrons. The van der Waals surface area contributed by atoms with E-state index >= 15 is 0 Å². The van der Waals surface area contributed by atoms with Crippen LogP contribution in [-0.2, 0) is 11.3 Å². The van der Waals surface area contributed by atoms with Crippen LogP contribution in [0.1, 0.15) is 35.8 Å². The third-order valence-electron chi connectivity index (χ3n) is 5.11. The number of aliphatic hydroxyl groups excluding tert-OH is 1. The van der Waals surface area contributed by atoms with Crippen molar-refractivity contribution in [3.05, 3.63) is 47.7 Å². The van der Waals surface area contributed by atoms with Crippen molar-refractivity contribution in [2.45, 2.75) is 33.4 Å². The number of carbonyl (C=O) groups excluding carboxylic acids is 1. The molecule has 2 aromatic rings. The van der Waals surface area contributed by atoms with Crippen molar-refractivity contribution in [2.75, 3.05) is 51.3 Å². The second-order valence-corrected chi connectivity index (χ2v) is 8.61. The summed E-state index contributed by atoms with van der Waals surface area (Å²) in [6, 6.07) is 7.63. The SMILES string of the molecule is Cc1cccc(NC(=O)c2coc(CN3CCN(CC(O)COCC(C)C)CC3)n2)c1. The van der Waals surface area contributed by atoms with Gasteiger partial charge in [0.2, 0.25) is 5.89 Å². The summed E-state index contributed by atoms with van der Waals surface area (Å²) in [6.07, 6.45) is 0.941. The van der Waals surface area contributed by atoms with Crippen LogP contribution in [0.25, 0.3) is 0 Å². The Morgan fingerprint density at radius 1 is 1.23 bits per heavy atom. The van der Waals surface area contributed by atoms with Gasteiger partial charge >= 0.3 is 0 Å². The van der Waals surface area contributed by atoms with Gasteiger partial charge in [0.05, 0.1) is 19.3 Å². The van der Waals surface area contributed by atoms with Crippen molar-refractivity contribution in [3.63, 3.8) is 0 Å². The van der Waals surface area contributed by atoms with E-state index in [-0.39, 0.29) is 11.6 Å². The van der Waals surface area contributed by atoms with Crippen LogP contribution in [0, 0.1) is 12.8 Å². The number of hydrogen-bond acceptors (Lipinski definition) is 7. The molecule has 1 saturated heterocycles. The van der Waals surface area contributed by atoms with Crippen molar-refractivity contribution < 1.29 is 19.1 Å². The van der Waals surface area contributed by atoms with Crippen LogP contribution >= 0.6 is 0 Å². The van der Waals surface area contributed by atoms with Crippen molar-refractivity contribution in [1.82, 2.24) is 14.8 Å². The van der Waals surface area contributed by atoms with Crippen LogP contribution in [0.4, 0.5) is 5.69 Å². The van der Waals surface area contributed by atoms with E-state index in [1.54, 1.807) is 0 Å². The maximum atomic E-state index is 12.4. The summed E-state index contributed by atoms with van der Waals surface area (Å²) < 4.78 is 11.0. The molecule has 2 N–H and O–H groups in total. The molecule has 0 radical (unpaired) electrons. The van der Waals surface area contributed by atoms with Crippen LogP contribution in [-0.4, -0.2) is 77.8 Å². The summed E-state index contributed by atoms with van der Waals surface area (Å²) in [5.74, 6) is 0.726. The number of nitrogens with one attached hydrogen (secondary N) is 1. The number of rotatable bonds is 10. The van der Waals surface area contributed by atoms with Crippen LogP contribution in [0.3, 0.4) is 0 Å². The zero-order valence-electron chi connectivity index (χ0n) is 18.7. The Morgan fingerprint density at radius 2 is 1.97 bits per heavy atom. The molecule has 1 aromatic heterocycles. The first-order valence-corrected chi connectivity index (χ1v) is 10.9. The lowest BCUT2D eigenvalue weighted by Crippen LogP contribution is -2.48. The molecule has 3 rings (SSSR count). The lowest BCUT2D eigenvalue weighted by Gasteiger charge is -2.34. The lowest BCUT2D eigenvalue weighted by molar-refractivity contribution is -0.000850. The van der Waals surface area contributed by atoms with E-state index in [9.17, 15) is 9.90 Å². The van der Waals surface area contributed by atoms with Crippen molar-refractivity contribution >= 4 is 11.6 Å². The summed E-state index contributed by atoms with van der Waals surface area (Å²) in [5.41, 5.74) is 2.09. The van der Waals surface area contributed by atoms with E-state index in [0.717, 1.165) is 37.4 Å². The van der Waals surface area contributed by atoms with Crippen LogP contribution in [0.5, 0.6) is 0 Å². The Morgan fingerprint density at radius 3 is 2.68 bits per heavy atom. The number of oxazole rings is 1. The maximum absolute atomic E-state index is 12.4. The summed E-state index contributed by atoms with van der Waals surface area (Å²) in [4.78, 5) is 21.2. The number of nitrogens with zero attached hydrogens (tertiary/aromatic N) is 3. The number of carbonyl (C=O) groups is 1. The van der Waals surface area contributed by atoms with Crippen molar-refractivity contribution in [2.24, 2.45) is 5.92 Å². The molecule has 2 heterocycles. The molecule has 1 aromatic carbocycles. The number of benzene rings is 1. The van der Waals surface area contributed by atoms with Gasteiger partial charge in [-0.25, -0.2) is 4.98 Å². The predicted molar refractivity (Wildman–Crippen MR) is 119 cm³/mol. The highest BCUT2D eigenvalue weighted by Crippen LogP contribution is 2.13. The number of β-amino-alcohol motifs (C(OH)–C–C–N with tert-alkyl or cyclic N) is 1. The Balaban J connectivity index is 1.40. The number of piperazine rings is 1. The molecule has 0 spiro atoms. The molecule has 0 saturated carbocycles. The maximum Gasteiger partial charge on any atom is 0.277 e. The van der Waals surface area contributed by atoms with E-state index < -0.39 is 6.10 Å².